The fourth-order valence-corrected chi connectivity index (χ4v) is 4.26. The van der Waals surface area contributed by atoms with Gasteiger partial charge in [-0.3, -0.25) is 4.79 Å². The molecule has 0 spiro atoms. The number of nitrogens with zero attached hydrogens (tertiary/aromatic N) is 2. The second kappa shape index (κ2) is 6.41. The van der Waals surface area contributed by atoms with Gasteiger partial charge in [0.25, 0.3) is 5.91 Å². The molecule has 0 aliphatic carbocycles. The smallest absolute Gasteiger partial charge is 0.302 e. The Balaban J connectivity index is 1.75. The number of benzene rings is 2. The summed E-state index contributed by atoms with van der Waals surface area (Å²) in [6.45, 7) is 0.395. The van der Waals surface area contributed by atoms with Crippen LogP contribution in [0.25, 0.3) is 0 Å². The summed E-state index contributed by atoms with van der Waals surface area (Å²) in [6.07, 6.45) is 4.09. The maximum atomic E-state index is 13.3. The molecule has 4 rings (SSSR count). The number of urea groups is 1. The summed E-state index contributed by atoms with van der Waals surface area (Å²) in [5, 5.41) is 0.746. The van der Waals surface area contributed by atoms with Crippen LogP contribution >= 0.6 is 39.1 Å². The van der Waals surface area contributed by atoms with Gasteiger partial charge in [0.1, 0.15) is 5.54 Å². The van der Waals surface area contributed by atoms with E-state index in [-0.39, 0.29) is 11.9 Å². The summed E-state index contributed by atoms with van der Waals surface area (Å²) in [5.41, 5.74) is 0.340. The predicted octanol–water partition coefficient (Wildman–Crippen LogP) is 5.08. The SMILES string of the molecule is O=C1N(c2cc(Cl)cc(Cl)c2)C(=O)C2(Cc3ccc(Br)cc3)C=CCN12. The van der Waals surface area contributed by atoms with Crippen LogP contribution in [-0.4, -0.2) is 28.9 Å². The van der Waals surface area contributed by atoms with E-state index in [1.165, 1.54) is 4.90 Å². The average Bonchev–Trinajstić information content (AvgIpc) is 3.08. The molecular weight excluding hydrogens is 439 g/mol. The van der Waals surface area contributed by atoms with Crippen LogP contribution in [0.3, 0.4) is 0 Å². The molecule has 0 saturated carbocycles. The van der Waals surface area contributed by atoms with Gasteiger partial charge in [-0.2, -0.15) is 0 Å². The molecule has 0 radical (unpaired) electrons. The van der Waals surface area contributed by atoms with E-state index in [1.807, 2.05) is 36.4 Å². The van der Waals surface area contributed by atoms with Gasteiger partial charge in [0, 0.05) is 27.5 Å². The van der Waals surface area contributed by atoms with Crippen LogP contribution in [0.15, 0.2) is 59.1 Å². The number of imide groups is 1. The molecule has 2 aliphatic heterocycles. The lowest BCUT2D eigenvalue weighted by Gasteiger charge is -2.27. The van der Waals surface area contributed by atoms with Crippen molar-refractivity contribution < 1.29 is 9.59 Å². The number of fused-ring (bicyclic) bond motifs is 1. The Labute approximate surface area is 169 Å². The molecule has 0 bridgehead atoms. The predicted molar refractivity (Wildman–Crippen MR) is 106 cm³/mol. The molecular formula is C19H13BrCl2N2O2. The molecule has 1 atom stereocenters. The maximum Gasteiger partial charge on any atom is 0.332 e. The van der Waals surface area contributed by atoms with Crippen LogP contribution in [0.4, 0.5) is 10.5 Å². The third kappa shape index (κ3) is 2.75. The van der Waals surface area contributed by atoms with Crippen LogP contribution in [0.5, 0.6) is 0 Å². The number of hydrogen-bond donors (Lipinski definition) is 0. The second-order valence-electron chi connectivity index (χ2n) is 6.29. The molecule has 132 valence electrons. The standard InChI is InChI=1S/C19H13BrCl2N2O2/c20-13-4-2-12(3-5-13)11-19-6-1-7-23(19)18(26)24(17(19)25)16-9-14(21)8-15(22)10-16/h1-6,8-10H,7,11H2. The van der Waals surface area contributed by atoms with Gasteiger partial charge < -0.3 is 4.90 Å². The highest BCUT2D eigenvalue weighted by molar-refractivity contribution is 9.10. The Bertz CT molecular complexity index is 925. The number of halogens is 3. The molecule has 1 saturated heterocycles. The van der Waals surface area contributed by atoms with Crippen molar-refractivity contribution in [2.24, 2.45) is 0 Å². The molecule has 2 aromatic carbocycles. The first kappa shape index (κ1) is 17.6. The minimum absolute atomic E-state index is 0.294. The monoisotopic (exact) mass is 450 g/mol. The van der Waals surface area contributed by atoms with Crippen molar-refractivity contribution >= 4 is 56.8 Å². The van der Waals surface area contributed by atoms with E-state index in [1.54, 1.807) is 23.1 Å². The van der Waals surface area contributed by atoms with Crippen molar-refractivity contribution in [2.75, 3.05) is 11.4 Å². The largest absolute Gasteiger partial charge is 0.332 e. The zero-order valence-electron chi connectivity index (χ0n) is 13.5. The number of amides is 3. The third-order valence-electron chi connectivity index (χ3n) is 4.65. The van der Waals surface area contributed by atoms with Gasteiger partial charge in [0.15, 0.2) is 0 Å². The van der Waals surface area contributed by atoms with Gasteiger partial charge in [-0.25, -0.2) is 9.69 Å². The van der Waals surface area contributed by atoms with Gasteiger partial charge in [-0.05, 0) is 35.9 Å². The zero-order valence-corrected chi connectivity index (χ0v) is 16.6. The summed E-state index contributed by atoms with van der Waals surface area (Å²) in [5.74, 6) is -0.294. The van der Waals surface area contributed by atoms with E-state index in [2.05, 4.69) is 15.9 Å². The fourth-order valence-electron chi connectivity index (χ4n) is 3.48. The van der Waals surface area contributed by atoms with Crippen molar-refractivity contribution in [1.82, 2.24) is 4.90 Å². The highest BCUT2D eigenvalue weighted by atomic mass is 79.9. The lowest BCUT2D eigenvalue weighted by molar-refractivity contribution is -0.122. The maximum absolute atomic E-state index is 13.3. The van der Waals surface area contributed by atoms with Gasteiger partial charge in [0.2, 0.25) is 0 Å². The fraction of sp³-hybridized carbons (Fsp3) is 0.158. The van der Waals surface area contributed by atoms with Crippen molar-refractivity contribution in [1.29, 1.82) is 0 Å². The van der Waals surface area contributed by atoms with Crippen molar-refractivity contribution in [3.8, 4) is 0 Å². The van der Waals surface area contributed by atoms with Gasteiger partial charge in [0.05, 0.1) is 5.69 Å². The Morgan fingerprint density at radius 2 is 1.69 bits per heavy atom. The number of carbonyl (C=O) groups is 2. The molecule has 1 fully saturated rings. The number of carbonyl (C=O) groups excluding carboxylic acids is 2. The summed E-state index contributed by atoms with van der Waals surface area (Å²) in [7, 11) is 0. The van der Waals surface area contributed by atoms with Crippen LogP contribution in [0.2, 0.25) is 10.0 Å². The van der Waals surface area contributed by atoms with Gasteiger partial charge in [-0.1, -0.05) is 63.4 Å². The quantitative estimate of drug-likeness (QED) is 0.482. The summed E-state index contributed by atoms with van der Waals surface area (Å²) in [6, 6.07) is 12.1. The Kier molecular flexibility index (Phi) is 4.34. The first-order valence-electron chi connectivity index (χ1n) is 7.95. The Hall–Kier alpha value is -1.82. The zero-order chi connectivity index (χ0) is 18.5. The minimum atomic E-state index is -1.01. The summed E-state index contributed by atoms with van der Waals surface area (Å²) in [4.78, 5) is 29.1. The molecule has 0 aromatic heterocycles. The minimum Gasteiger partial charge on any atom is -0.302 e. The first-order valence-corrected chi connectivity index (χ1v) is 9.50. The van der Waals surface area contributed by atoms with Crippen LogP contribution in [0, 0.1) is 0 Å². The van der Waals surface area contributed by atoms with Crippen LogP contribution in [-0.2, 0) is 11.2 Å². The molecule has 0 N–H and O–H groups in total. The Morgan fingerprint density at radius 3 is 2.35 bits per heavy atom. The molecule has 3 amide bonds. The lowest BCUT2D eigenvalue weighted by Crippen LogP contribution is -2.47. The van der Waals surface area contributed by atoms with E-state index < -0.39 is 5.54 Å². The molecule has 26 heavy (non-hydrogen) atoms. The van der Waals surface area contributed by atoms with E-state index >= 15 is 0 Å². The molecule has 1 unspecified atom stereocenters. The normalized spacial score (nSPS) is 21.7. The topological polar surface area (TPSA) is 40.6 Å². The highest BCUT2D eigenvalue weighted by Crippen LogP contribution is 2.40. The molecule has 2 heterocycles. The van der Waals surface area contributed by atoms with Crippen molar-refractivity contribution in [3.63, 3.8) is 0 Å². The van der Waals surface area contributed by atoms with Gasteiger partial charge >= 0.3 is 6.03 Å². The third-order valence-corrected chi connectivity index (χ3v) is 5.62. The molecule has 4 nitrogen and oxygen atoms in total. The molecule has 2 aliphatic rings. The van der Waals surface area contributed by atoms with Crippen molar-refractivity contribution in [3.05, 3.63) is 74.7 Å². The summed E-state index contributed by atoms with van der Waals surface area (Å²) >= 11 is 15.5. The second-order valence-corrected chi connectivity index (χ2v) is 8.08. The van der Waals surface area contributed by atoms with E-state index in [9.17, 15) is 9.59 Å². The van der Waals surface area contributed by atoms with E-state index in [0.717, 1.165) is 10.0 Å². The van der Waals surface area contributed by atoms with E-state index in [0.29, 0.717) is 28.7 Å². The number of hydrogen-bond acceptors (Lipinski definition) is 2. The number of anilines is 1. The van der Waals surface area contributed by atoms with Gasteiger partial charge in [-0.15, -0.1) is 0 Å². The van der Waals surface area contributed by atoms with Crippen molar-refractivity contribution in [2.45, 2.75) is 12.0 Å². The summed E-state index contributed by atoms with van der Waals surface area (Å²) < 4.78 is 0.960. The molecule has 7 heteroatoms. The average molecular weight is 452 g/mol. The lowest BCUT2D eigenvalue weighted by atomic mass is 9.90. The molecule has 2 aromatic rings. The number of rotatable bonds is 3. The van der Waals surface area contributed by atoms with Crippen LogP contribution < -0.4 is 4.90 Å². The highest BCUT2D eigenvalue weighted by Gasteiger charge is 2.57. The van der Waals surface area contributed by atoms with E-state index in [4.69, 9.17) is 23.2 Å². The Morgan fingerprint density at radius 1 is 1.04 bits per heavy atom. The van der Waals surface area contributed by atoms with Crippen LogP contribution in [0.1, 0.15) is 5.56 Å². The first-order chi connectivity index (χ1) is 12.4.